The van der Waals surface area contributed by atoms with Gasteiger partial charge in [0.05, 0.1) is 62.4 Å². The highest BCUT2D eigenvalue weighted by Gasteiger charge is 2.25. The zero-order chi connectivity index (χ0) is 45.0. The second-order valence-electron chi connectivity index (χ2n) is 16.9. The summed E-state index contributed by atoms with van der Waals surface area (Å²) in [6.45, 7) is 8.19. The Hall–Kier alpha value is -9.83. The summed E-state index contributed by atoms with van der Waals surface area (Å²) in [5.41, 5.74) is 11.5. The van der Waals surface area contributed by atoms with E-state index in [1.54, 1.807) is 0 Å². The summed E-state index contributed by atoms with van der Waals surface area (Å²) in [6, 6.07) is 64.9. The maximum atomic E-state index is 10.4. The monoisotopic (exact) mass is 869 g/mol. The SMILES string of the molecule is [C-]#[N+]c1ccc(-n2c3ccccc3c3c4oc5ccccc5c4ccc32)c(-c2nc(-c3ccccc3)nc(-c3cc(C#N)ccc3-n3c4ccccc4c4c5oc6ccccc6c5ccc43)n2)c1. The number of furan rings is 2. The molecule has 9 heteroatoms. The van der Waals surface area contributed by atoms with Crippen molar-refractivity contribution in [2.45, 2.75) is 0 Å². The molecule has 14 rings (SSSR count). The molecule has 0 amide bonds. The Morgan fingerprint density at radius 1 is 0.441 bits per heavy atom. The van der Waals surface area contributed by atoms with Gasteiger partial charge in [-0.25, -0.2) is 19.8 Å². The highest BCUT2D eigenvalue weighted by Crippen LogP contribution is 2.45. The minimum Gasteiger partial charge on any atom is -0.455 e. The molecule has 0 bridgehead atoms. The van der Waals surface area contributed by atoms with Crippen LogP contribution in [-0.4, -0.2) is 24.1 Å². The lowest BCUT2D eigenvalue weighted by Crippen LogP contribution is -2.05. The standard InChI is InChI=1S/C59H31N7O2/c1-61-36-24-28-48(66-46-20-10-6-18-42(46)54-50(66)30-26-40-38-16-8-12-22-52(38)68-56(40)54)44(32-36)59-63-57(35-13-3-2-4-14-35)62-58(64-59)43-31-34(33-60)23-27-47(43)65-45-19-9-5-17-41(45)53-49(65)29-25-39-37-15-7-11-21-51(37)67-55(39)53/h2-32H. The van der Waals surface area contributed by atoms with Crippen molar-refractivity contribution in [3.63, 3.8) is 0 Å². The second-order valence-corrected chi connectivity index (χ2v) is 16.9. The Labute approximate surface area is 386 Å². The zero-order valence-corrected chi connectivity index (χ0v) is 35.8. The van der Waals surface area contributed by atoms with Crippen molar-refractivity contribution in [2.24, 2.45) is 0 Å². The first-order valence-electron chi connectivity index (χ1n) is 22.2. The van der Waals surface area contributed by atoms with Crippen molar-refractivity contribution in [1.29, 1.82) is 5.26 Å². The van der Waals surface area contributed by atoms with Gasteiger partial charge in [-0.05, 0) is 78.9 Å². The number of benzene rings is 9. The van der Waals surface area contributed by atoms with Crippen molar-refractivity contribution in [2.75, 3.05) is 0 Å². The molecule has 0 N–H and O–H groups in total. The van der Waals surface area contributed by atoms with E-state index in [4.69, 9.17) is 30.4 Å². The van der Waals surface area contributed by atoms with E-state index in [9.17, 15) is 5.26 Å². The first-order valence-corrected chi connectivity index (χ1v) is 22.2. The molecule has 0 spiro atoms. The van der Waals surface area contributed by atoms with E-state index in [0.29, 0.717) is 39.9 Å². The number of aromatic nitrogens is 5. The van der Waals surface area contributed by atoms with Gasteiger partial charge in [-0.3, -0.25) is 0 Å². The molecule has 0 aliphatic heterocycles. The third-order valence-corrected chi connectivity index (χ3v) is 13.2. The van der Waals surface area contributed by atoms with Crippen LogP contribution in [-0.2, 0) is 0 Å². The van der Waals surface area contributed by atoms with Gasteiger partial charge < -0.3 is 18.0 Å². The van der Waals surface area contributed by atoms with Crippen molar-refractivity contribution < 1.29 is 8.83 Å². The van der Waals surface area contributed by atoms with Crippen molar-refractivity contribution in [3.05, 3.63) is 205 Å². The Morgan fingerprint density at radius 2 is 0.926 bits per heavy atom. The Bertz CT molecular complexity index is 4270. The average Bonchev–Trinajstić information content (AvgIpc) is 4.16. The fourth-order valence-electron chi connectivity index (χ4n) is 10.3. The smallest absolute Gasteiger partial charge is 0.188 e. The molecule has 0 atom stereocenters. The van der Waals surface area contributed by atoms with Crippen LogP contribution in [0, 0.1) is 17.9 Å². The summed E-state index contributed by atoms with van der Waals surface area (Å²) in [6.07, 6.45) is 0. The van der Waals surface area contributed by atoms with E-state index in [2.05, 4.69) is 80.7 Å². The predicted octanol–water partition coefficient (Wildman–Crippen LogP) is 15.3. The molecule has 14 aromatic rings. The zero-order valence-electron chi connectivity index (χ0n) is 35.8. The van der Waals surface area contributed by atoms with Crippen LogP contribution < -0.4 is 0 Å². The van der Waals surface area contributed by atoms with Gasteiger partial charge >= 0.3 is 0 Å². The van der Waals surface area contributed by atoms with Gasteiger partial charge in [0.25, 0.3) is 0 Å². The largest absolute Gasteiger partial charge is 0.455 e. The number of rotatable bonds is 5. The van der Waals surface area contributed by atoms with Gasteiger partial charge in [0.1, 0.15) is 22.3 Å². The molecule has 0 fully saturated rings. The molecule has 0 aliphatic carbocycles. The highest BCUT2D eigenvalue weighted by molar-refractivity contribution is 6.25. The van der Waals surface area contributed by atoms with Crippen LogP contribution in [0.5, 0.6) is 0 Å². The van der Waals surface area contributed by atoms with Crippen molar-refractivity contribution >= 4 is 93.2 Å². The normalized spacial score (nSPS) is 11.8. The van der Waals surface area contributed by atoms with Gasteiger partial charge in [-0.15, -0.1) is 0 Å². The minimum atomic E-state index is 0.363. The molecule has 68 heavy (non-hydrogen) atoms. The number of fused-ring (bicyclic) bond motifs is 14. The number of nitrogens with zero attached hydrogens (tertiary/aromatic N) is 7. The lowest BCUT2D eigenvalue weighted by atomic mass is 10.1. The topological polar surface area (TPSA) is 103 Å². The van der Waals surface area contributed by atoms with Gasteiger partial charge in [-0.2, -0.15) is 5.26 Å². The van der Waals surface area contributed by atoms with Gasteiger partial charge in [-0.1, -0.05) is 109 Å². The van der Waals surface area contributed by atoms with Crippen LogP contribution in [0.1, 0.15) is 5.56 Å². The molecular formula is C59H31N7O2. The molecule has 314 valence electrons. The van der Waals surface area contributed by atoms with E-state index < -0.39 is 0 Å². The average molecular weight is 870 g/mol. The first kappa shape index (κ1) is 37.5. The molecule has 0 aliphatic rings. The third kappa shape index (κ3) is 5.39. The van der Waals surface area contributed by atoms with Crippen LogP contribution >= 0.6 is 0 Å². The molecule has 9 aromatic carbocycles. The van der Waals surface area contributed by atoms with Crippen LogP contribution in [0.3, 0.4) is 0 Å². The summed E-state index contributed by atoms with van der Waals surface area (Å²) in [5.74, 6) is 1.17. The maximum absolute atomic E-state index is 10.4. The maximum Gasteiger partial charge on any atom is 0.188 e. The number of hydrogen-bond acceptors (Lipinski definition) is 6. The van der Waals surface area contributed by atoms with E-state index in [0.717, 1.165) is 104 Å². The lowest BCUT2D eigenvalue weighted by Gasteiger charge is -2.17. The quantitative estimate of drug-likeness (QED) is 0.160. The minimum absolute atomic E-state index is 0.363. The van der Waals surface area contributed by atoms with E-state index in [1.807, 2.05) is 127 Å². The molecule has 5 heterocycles. The second kappa shape index (κ2) is 14.3. The molecule has 9 nitrogen and oxygen atoms in total. The lowest BCUT2D eigenvalue weighted by molar-refractivity contribution is 0.672. The number of hydrogen-bond donors (Lipinski definition) is 0. The third-order valence-electron chi connectivity index (χ3n) is 13.2. The molecule has 0 saturated carbocycles. The van der Waals surface area contributed by atoms with Crippen molar-refractivity contribution in [1.82, 2.24) is 24.1 Å². The molecule has 0 saturated heterocycles. The molecule has 0 unspecified atom stereocenters. The fourth-order valence-corrected chi connectivity index (χ4v) is 10.3. The number of nitriles is 1. The molecule has 0 radical (unpaired) electrons. The van der Waals surface area contributed by atoms with E-state index in [1.165, 1.54) is 0 Å². The van der Waals surface area contributed by atoms with Crippen LogP contribution in [0.25, 0.3) is 138 Å². The molecule has 5 aromatic heterocycles. The Morgan fingerprint density at radius 3 is 1.49 bits per heavy atom. The van der Waals surface area contributed by atoms with E-state index >= 15 is 0 Å². The summed E-state index contributed by atoms with van der Waals surface area (Å²) in [5, 5.41) is 18.6. The predicted molar refractivity (Wildman–Crippen MR) is 270 cm³/mol. The Balaban J connectivity index is 1.06. The van der Waals surface area contributed by atoms with Gasteiger partial charge in [0.15, 0.2) is 23.2 Å². The first-order chi connectivity index (χ1) is 33.6. The van der Waals surface area contributed by atoms with E-state index in [-0.39, 0.29) is 0 Å². The van der Waals surface area contributed by atoms with Gasteiger partial charge in [0, 0.05) is 49.0 Å². The van der Waals surface area contributed by atoms with Gasteiger partial charge in [0.2, 0.25) is 0 Å². The Kier molecular flexibility index (Phi) is 7.91. The summed E-state index contributed by atoms with van der Waals surface area (Å²) in [4.78, 5) is 19.7. The fraction of sp³-hybridized carbons (Fsp3) is 0. The summed E-state index contributed by atoms with van der Waals surface area (Å²) >= 11 is 0. The number of para-hydroxylation sites is 4. The molecular weight excluding hydrogens is 839 g/mol. The van der Waals surface area contributed by atoms with Crippen LogP contribution in [0.4, 0.5) is 5.69 Å². The van der Waals surface area contributed by atoms with Crippen LogP contribution in [0.2, 0.25) is 0 Å². The highest BCUT2D eigenvalue weighted by atomic mass is 16.3. The summed E-state index contributed by atoms with van der Waals surface area (Å²) in [7, 11) is 0. The van der Waals surface area contributed by atoms with Crippen molar-refractivity contribution in [3.8, 4) is 51.6 Å². The summed E-state index contributed by atoms with van der Waals surface area (Å²) < 4.78 is 17.7. The van der Waals surface area contributed by atoms with Crippen LogP contribution in [0.15, 0.2) is 197 Å².